The first kappa shape index (κ1) is 10.1. The quantitative estimate of drug-likeness (QED) is 0.761. The summed E-state index contributed by atoms with van der Waals surface area (Å²) in [5, 5.41) is 12.0. The highest BCUT2D eigenvalue weighted by Gasteiger charge is 2.20. The second kappa shape index (κ2) is 4.40. The highest BCUT2D eigenvalue weighted by atomic mass is 16.4. The fourth-order valence-corrected chi connectivity index (χ4v) is 1.38. The lowest BCUT2D eigenvalue weighted by atomic mass is 10.2. The molecule has 1 fully saturated rings. The van der Waals surface area contributed by atoms with E-state index in [4.69, 9.17) is 5.11 Å². The van der Waals surface area contributed by atoms with Crippen molar-refractivity contribution in [2.75, 3.05) is 6.54 Å². The Kier molecular flexibility index (Phi) is 2.97. The van der Waals surface area contributed by atoms with Crippen molar-refractivity contribution in [3.63, 3.8) is 0 Å². The highest BCUT2D eigenvalue weighted by Crippen LogP contribution is 2.27. The van der Waals surface area contributed by atoms with Crippen LogP contribution in [0.3, 0.4) is 0 Å². The lowest BCUT2D eigenvalue weighted by Crippen LogP contribution is -2.17. The zero-order valence-electron chi connectivity index (χ0n) is 8.44. The maximum atomic E-state index is 10.6. The number of carboxylic acids is 1. The predicted octanol–water partition coefficient (Wildman–Crippen LogP) is 1.28. The molecule has 1 aromatic heterocycles. The first-order valence-electron chi connectivity index (χ1n) is 5.14. The summed E-state index contributed by atoms with van der Waals surface area (Å²) in [5.74, 6) is -0.0803. The normalized spacial score (nSPS) is 15.2. The van der Waals surface area contributed by atoms with Crippen LogP contribution < -0.4 is 5.32 Å². The van der Waals surface area contributed by atoms with E-state index in [2.05, 4.69) is 10.3 Å². The number of nitrogens with one attached hydrogen (secondary N) is 1. The molecule has 0 aromatic carbocycles. The Hall–Kier alpha value is -1.42. The molecule has 1 aromatic rings. The number of nitrogens with zero attached hydrogens (tertiary/aromatic N) is 1. The molecule has 15 heavy (non-hydrogen) atoms. The summed E-state index contributed by atoms with van der Waals surface area (Å²) in [6, 6.07) is 3.34. The third-order valence-corrected chi connectivity index (χ3v) is 2.51. The van der Waals surface area contributed by atoms with Crippen molar-refractivity contribution in [2.45, 2.75) is 19.4 Å². The minimum absolute atomic E-state index is 0.237. The zero-order chi connectivity index (χ0) is 10.7. The van der Waals surface area contributed by atoms with E-state index in [1.54, 1.807) is 12.1 Å². The molecule has 2 rings (SSSR count). The van der Waals surface area contributed by atoms with Crippen LogP contribution in [0.15, 0.2) is 18.3 Å². The van der Waals surface area contributed by atoms with E-state index in [0.717, 1.165) is 24.7 Å². The second-order valence-corrected chi connectivity index (χ2v) is 3.92. The average molecular weight is 206 g/mol. The van der Waals surface area contributed by atoms with Gasteiger partial charge >= 0.3 is 5.97 Å². The van der Waals surface area contributed by atoms with Gasteiger partial charge < -0.3 is 10.4 Å². The maximum Gasteiger partial charge on any atom is 0.337 e. The molecule has 1 aliphatic carbocycles. The molecule has 0 saturated heterocycles. The average Bonchev–Trinajstić information content (AvgIpc) is 3.02. The number of aromatic nitrogens is 1. The van der Waals surface area contributed by atoms with Crippen molar-refractivity contribution in [3.8, 4) is 0 Å². The Labute approximate surface area is 88.3 Å². The SMILES string of the molecule is O=C(O)c1ccc(CNCC2CC2)nc1. The fraction of sp³-hybridized carbons (Fsp3) is 0.455. The van der Waals surface area contributed by atoms with Gasteiger partial charge in [-0.3, -0.25) is 4.98 Å². The van der Waals surface area contributed by atoms with Gasteiger partial charge in [0.05, 0.1) is 11.3 Å². The van der Waals surface area contributed by atoms with Gasteiger partial charge in [-0.1, -0.05) is 0 Å². The van der Waals surface area contributed by atoms with E-state index in [0.29, 0.717) is 0 Å². The summed E-state index contributed by atoms with van der Waals surface area (Å²) in [6.07, 6.45) is 4.06. The summed E-state index contributed by atoms with van der Waals surface area (Å²) in [6.45, 7) is 1.76. The highest BCUT2D eigenvalue weighted by molar-refractivity contribution is 5.87. The molecule has 0 unspecified atom stereocenters. The van der Waals surface area contributed by atoms with Gasteiger partial charge in [0.1, 0.15) is 0 Å². The third-order valence-electron chi connectivity index (χ3n) is 2.51. The summed E-state index contributed by atoms with van der Waals surface area (Å²) in [7, 11) is 0. The molecule has 0 aliphatic heterocycles. The van der Waals surface area contributed by atoms with Crippen LogP contribution in [0.4, 0.5) is 0 Å². The van der Waals surface area contributed by atoms with Gasteiger partial charge in [-0.05, 0) is 37.4 Å². The molecule has 1 heterocycles. The summed E-state index contributed by atoms with van der Waals surface area (Å²) in [4.78, 5) is 14.6. The lowest BCUT2D eigenvalue weighted by Gasteiger charge is -2.02. The van der Waals surface area contributed by atoms with Gasteiger partial charge in [-0.15, -0.1) is 0 Å². The van der Waals surface area contributed by atoms with E-state index in [-0.39, 0.29) is 5.56 Å². The molecule has 0 atom stereocenters. The van der Waals surface area contributed by atoms with Crippen LogP contribution in [0, 0.1) is 5.92 Å². The van der Waals surface area contributed by atoms with Crippen molar-refractivity contribution in [3.05, 3.63) is 29.6 Å². The van der Waals surface area contributed by atoms with Crippen LogP contribution in [0.1, 0.15) is 28.9 Å². The van der Waals surface area contributed by atoms with E-state index in [9.17, 15) is 4.79 Å². The van der Waals surface area contributed by atoms with E-state index < -0.39 is 5.97 Å². The van der Waals surface area contributed by atoms with Gasteiger partial charge in [0, 0.05) is 12.7 Å². The minimum atomic E-state index is -0.931. The Morgan fingerprint density at radius 2 is 2.33 bits per heavy atom. The Balaban J connectivity index is 1.83. The molecule has 0 radical (unpaired) electrons. The molecule has 1 saturated carbocycles. The van der Waals surface area contributed by atoms with Crippen LogP contribution in [-0.2, 0) is 6.54 Å². The molecule has 80 valence electrons. The number of rotatable bonds is 5. The second-order valence-electron chi connectivity index (χ2n) is 3.92. The van der Waals surface area contributed by atoms with E-state index in [1.807, 2.05) is 0 Å². The molecule has 0 spiro atoms. The van der Waals surface area contributed by atoms with Gasteiger partial charge in [0.15, 0.2) is 0 Å². The first-order valence-corrected chi connectivity index (χ1v) is 5.14. The summed E-state index contributed by atoms with van der Waals surface area (Å²) >= 11 is 0. The van der Waals surface area contributed by atoms with Crippen LogP contribution in [0.25, 0.3) is 0 Å². The fourth-order valence-electron chi connectivity index (χ4n) is 1.38. The molecular formula is C11H14N2O2. The van der Waals surface area contributed by atoms with Crippen LogP contribution >= 0.6 is 0 Å². The number of hydrogen-bond acceptors (Lipinski definition) is 3. The summed E-state index contributed by atoms with van der Waals surface area (Å²) in [5.41, 5.74) is 1.13. The van der Waals surface area contributed by atoms with E-state index >= 15 is 0 Å². The molecule has 2 N–H and O–H groups in total. The smallest absolute Gasteiger partial charge is 0.337 e. The van der Waals surface area contributed by atoms with Gasteiger partial charge in [-0.25, -0.2) is 4.79 Å². The topological polar surface area (TPSA) is 62.2 Å². The standard InChI is InChI=1S/C11H14N2O2/c14-11(15)9-3-4-10(13-6-9)7-12-5-8-1-2-8/h3-4,6,8,12H,1-2,5,7H2,(H,14,15). The van der Waals surface area contributed by atoms with Crippen molar-refractivity contribution in [1.82, 2.24) is 10.3 Å². The van der Waals surface area contributed by atoms with Gasteiger partial charge in [0.2, 0.25) is 0 Å². The zero-order valence-corrected chi connectivity index (χ0v) is 8.44. The number of carbonyl (C=O) groups is 1. The minimum Gasteiger partial charge on any atom is -0.478 e. The monoisotopic (exact) mass is 206 g/mol. The molecule has 1 aliphatic rings. The van der Waals surface area contributed by atoms with Gasteiger partial charge in [-0.2, -0.15) is 0 Å². The van der Waals surface area contributed by atoms with Crippen molar-refractivity contribution < 1.29 is 9.90 Å². The molecule has 4 heteroatoms. The number of pyridine rings is 1. The first-order chi connectivity index (χ1) is 7.25. The summed E-state index contributed by atoms with van der Waals surface area (Å²) < 4.78 is 0. The van der Waals surface area contributed by atoms with Crippen molar-refractivity contribution in [1.29, 1.82) is 0 Å². The van der Waals surface area contributed by atoms with Crippen molar-refractivity contribution in [2.24, 2.45) is 5.92 Å². The van der Waals surface area contributed by atoms with Crippen LogP contribution in [0.2, 0.25) is 0 Å². The number of carboxylic acid groups (broad SMARTS) is 1. The number of aromatic carboxylic acids is 1. The molecular weight excluding hydrogens is 192 g/mol. The molecule has 0 amide bonds. The molecule has 4 nitrogen and oxygen atoms in total. The van der Waals surface area contributed by atoms with Crippen LogP contribution in [-0.4, -0.2) is 22.6 Å². The van der Waals surface area contributed by atoms with Crippen molar-refractivity contribution >= 4 is 5.97 Å². The largest absolute Gasteiger partial charge is 0.478 e. The Bertz CT molecular complexity index is 344. The maximum absolute atomic E-state index is 10.6. The Morgan fingerprint density at radius 3 is 2.87 bits per heavy atom. The number of hydrogen-bond donors (Lipinski definition) is 2. The van der Waals surface area contributed by atoms with Crippen LogP contribution in [0.5, 0.6) is 0 Å². The van der Waals surface area contributed by atoms with Gasteiger partial charge in [0.25, 0.3) is 0 Å². The van der Waals surface area contributed by atoms with E-state index in [1.165, 1.54) is 19.0 Å². The predicted molar refractivity (Wildman–Crippen MR) is 55.6 cm³/mol. The molecule has 0 bridgehead atoms. The lowest BCUT2D eigenvalue weighted by molar-refractivity contribution is 0.0696. The Morgan fingerprint density at radius 1 is 1.53 bits per heavy atom. The third kappa shape index (κ3) is 3.02.